The molecule has 1 nitrogen and oxygen atoms in total. The molecule has 0 aliphatic heterocycles. The van der Waals surface area contributed by atoms with Crippen molar-refractivity contribution in [1.29, 1.82) is 0 Å². The predicted octanol–water partition coefficient (Wildman–Crippen LogP) is 1.97. The van der Waals surface area contributed by atoms with Gasteiger partial charge in [-0.15, -0.1) is 9.24 Å². The monoisotopic (exact) mass is 184 g/mol. The van der Waals surface area contributed by atoms with Crippen LogP contribution >= 0.6 is 9.24 Å². The fourth-order valence-corrected chi connectivity index (χ4v) is 4.07. The molecule has 2 rings (SSSR count). The van der Waals surface area contributed by atoms with Crippen LogP contribution in [0, 0.1) is 29.6 Å². The highest BCUT2D eigenvalue weighted by Gasteiger charge is 2.52. The zero-order valence-electron chi connectivity index (χ0n) is 7.73. The molecule has 0 N–H and O–H groups in total. The summed E-state index contributed by atoms with van der Waals surface area (Å²) in [5.41, 5.74) is 0.696. The molecule has 2 bridgehead atoms. The van der Waals surface area contributed by atoms with E-state index in [0.29, 0.717) is 23.4 Å². The Labute approximate surface area is 76.5 Å². The van der Waals surface area contributed by atoms with Crippen LogP contribution in [-0.2, 0) is 4.79 Å². The summed E-state index contributed by atoms with van der Waals surface area (Å²) in [6.07, 6.45) is 2.48. The first-order valence-electron chi connectivity index (χ1n) is 4.87. The first kappa shape index (κ1) is 8.69. The molecule has 2 heteroatoms. The molecule has 68 valence electrons. The van der Waals surface area contributed by atoms with Crippen LogP contribution in [0.4, 0.5) is 0 Å². The molecule has 0 radical (unpaired) electrons. The van der Waals surface area contributed by atoms with Crippen molar-refractivity contribution in [3.63, 3.8) is 0 Å². The average Bonchev–Trinajstić information content (AvgIpc) is 2.51. The lowest BCUT2D eigenvalue weighted by Gasteiger charge is -2.33. The number of rotatable bonds is 1. The van der Waals surface area contributed by atoms with E-state index < -0.39 is 0 Å². The van der Waals surface area contributed by atoms with E-state index in [1.54, 1.807) is 0 Å². The first-order chi connectivity index (χ1) is 5.66. The molecular formula is C10H17OP. The Kier molecular flexibility index (Phi) is 2.03. The van der Waals surface area contributed by atoms with E-state index in [1.165, 1.54) is 12.7 Å². The Morgan fingerprint density at radius 1 is 1.25 bits per heavy atom. The van der Waals surface area contributed by atoms with Gasteiger partial charge in [-0.05, 0) is 35.8 Å². The number of carbonyl (C=O) groups is 1. The van der Waals surface area contributed by atoms with Gasteiger partial charge in [0.25, 0.3) is 0 Å². The van der Waals surface area contributed by atoms with Crippen molar-refractivity contribution in [2.24, 2.45) is 29.6 Å². The molecule has 2 aliphatic rings. The lowest BCUT2D eigenvalue weighted by Crippen LogP contribution is -2.33. The lowest BCUT2D eigenvalue weighted by molar-refractivity contribution is -0.113. The molecule has 2 saturated carbocycles. The summed E-state index contributed by atoms with van der Waals surface area (Å²) >= 11 is 0. The van der Waals surface area contributed by atoms with Gasteiger partial charge in [-0.2, -0.15) is 0 Å². The van der Waals surface area contributed by atoms with Crippen LogP contribution in [0.1, 0.15) is 20.3 Å². The maximum atomic E-state index is 10.9. The number of hydrogen-bond donors (Lipinski definition) is 0. The molecule has 0 heterocycles. The van der Waals surface area contributed by atoms with Crippen LogP contribution in [0.25, 0.3) is 0 Å². The molecule has 0 aromatic carbocycles. The Balaban J connectivity index is 2.23. The van der Waals surface area contributed by atoms with Crippen LogP contribution in [0.5, 0.6) is 0 Å². The quantitative estimate of drug-likeness (QED) is 0.450. The van der Waals surface area contributed by atoms with Gasteiger partial charge in [0.2, 0.25) is 0 Å². The molecule has 0 aromatic rings. The summed E-state index contributed by atoms with van der Waals surface area (Å²) in [5, 5.41) is 0. The van der Waals surface area contributed by atoms with Gasteiger partial charge in [-0.3, -0.25) is 0 Å². The standard InChI is InChI=1S/C10H17OP/c1-5-7-3-8(9(5)4-11)10(12)6(7)2/h4-10H,3,12H2,1-2H3. The zero-order chi connectivity index (χ0) is 8.88. The van der Waals surface area contributed by atoms with Gasteiger partial charge in [-0.25, -0.2) is 0 Å². The van der Waals surface area contributed by atoms with Crippen molar-refractivity contribution in [2.75, 3.05) is 0 Å². The highest BCUT2D eigenvalue weighted by atomic mass is 31.0. The van der Waals surface area contributed by atoms with Crippen LogP contribution in [-0.4, -0.2) is 11.9 Å². The molecule has 7 atom stereocenters. The van der Waals surface area contributed by atoms with E-state index in [-0.39, 0.29) is 0 Å². The van der Waals surface area contributed by atoms with Crippen molar-refractivity contribution >= 4 is 15.5 Å². The first-order valence-corrected chi connectivity index (χ1v) is 5.54. The summed E-state index contributed by atoms with van der Waals surface area (Å²) in [6, 6.07) is 0. The SMILES string of the molecule is CC1C(P)C2CC1C(C)C2C=O. The van der Waals surface area contributed by atoms with Gasteiger partial charge in [0, 0.05) is 5.92 Å². The van der Waals surface area contributed by atoms with Crippen molar-refractivity contribution in [2.45, 2.75) is 25.9 Å². The predicted molar refractivity (Wildman–Crippen MR) is 53.0 cm³/mol. The number of carbonyl (C=O) groups excluding carboxylic acids is 1. The molecule has 7 unspecified atom stereocenters. The molecule has 12 heavy (non-hydrogen) atoms. The van der Waals surface area contributed by atoms with Gasteiger partial charge in [0.05, 0.1) is 0 Å². The third-order valence-electron chi connectivity index (χ3n) is 4.26. The summed E-state index contributed by atoms with van der Waals surface area (Å²) in [6.45, 7) is 4.58. The molecule has 0 aromatic heterocycles. The highest BCUT2D eigenvalue weighted by Crippen LogP contribution is 2.56. The third kappa shape index (κ3) is 0.923. The Hall–Kier alpha value is 0.100. The van der Waals surface area contributed by atoms with Gasteiger partial charge >= 0.3 is 0 Å². The van der Waals surface area contributed by atoms with Crippen LogP contribution in [0.2, 0.25) is 0 Å². The van der Waals surface area contributed by atoms with E-state index in [0.717, 1.165) is 11.8 Å². The highest BCUT2D eigenvalue weighted by molar-refractivity contribution is 7.17. The van der Waals surface area contributed by atoms with Crippen molar-refractivity contribution in [1.82, 2.24) is 0 Å². The molecule has 2 fully saturated rings. The van der Waals surface area contributed by atoms with Crippen LogP contribution in [0.15, 0.2) is 0 Å². The molecular weight excluding hydrogens is 167 g/mol. The Morgan fingerprint density at radius 2 is 1.92 bits per heavy atom. The van der Waals surface area contributed by atoms with Crippen molar-refractivity contribution in [3.05, 3.63) is 0 Å². The summed E-state index contributed by atoms with van der Waals surface area (Å²) in [5.74, 6) is 3.29. The van der Waals surface area contributed by atoms with E-state index in [9.17, 15) is 4.79 Å². The molecule has 0 saturated heterocycles. The lowest BCUT2D eigenvalue weighted by atomic mass is 9.76. The number of fused-ring (bicyclic) bond motifs is 2. The molecule has 2 aliphatic carbocycles. The van der Waals surface area contributed by atoms with E-state index in [1.807, 2.05) is 0 Å². The van der Waals surface area contributed by atoms with E-state index >= 15 is 0 Å². The minimum atomic E-state index is 0.355. The largest absolute Gasteiger partial charge is 0.303 e. The van der Waals surface area contributed by atoms with E-state index in [2.05, 4.69) is 23.1 Å². The second-order valence-electron chi connectivity index (χ2n) is 4.57. The molecule has 0 amide bonds. The third-order valence-corrected chi connectivity index (χ3v) is 5.36. The normalized spacial score (nSPS) is 57.6. The van der Waals surface area contributed by atoms with Gasteiger partial charge < -0.3 is 4.79 Å². The van der Waals surface area contributed by atoms with Crippen LogP contribution < -0.4 is 0 Å². The van der Waals surface area contributed by atoms with Crippen molar-refractivity contribution < 1.29 is 4.79 Å². The average molecular weight is 184 g/mol. The van der Waals surface area contributed by atoms with Crippen LogP contribution in [0.3, 0.4) is 0 Å². The van der Waals surface area contributed by atoms with E-state index in [4.69, 9.17) is 0 Å². The van der Waals surface area contributed by atoms with Gasteiger partial charge in [0.15, 0.2) is 0 Å². The smallest absolute Gasteiger partial charge is 0.123 e. The minimum absolute atomic E-state index is 0.355. The summed E-state index contributed by atoms with van der Waals surface area (Å²) < 4.78 is 0. The molecule has 0 spiro atoms. The second-order valence-corrected chi connectivity index (χ2v) is 5.34. The number of aldehydes is 1. The Morgan fingerprint density at radius 3 is 2.42 bits per heavy atom. The second kappa shape index (κ2) is 2.80. The summed E-state index contributed by atoms with van der Waals surface area (Å²) in [7, 11) is 2.94. The zero-order valence-corrected chi connectivity index (χ0v) is 8.89. The fourth-order valence-electron chi connectivity index (χ4n) is 3.37. The topological polar surface area (TPSA) is 17.1 Å². The van der Waals surface area contributed by atoms with Gasteiger partial charge in [0.1, 0.15) is 6.29 Å². The number of hydrogen-bond acceptors (Lipinski definition) is 1. The summed E-state index contributed by atoms with van der Waals surface area (Å²) in [4.78, 5) is 10.9. The van der Waals surface area contributed by atoms with Gasteiger partial charge in [-0.1, -0.05) is 13.8 Å². The van der Waals surface area contributed by atoms with Crippen molar-refractivity contribution in [3.8, 4) is 0 Å². The Bertz CT molecular complexity index is 204. The minimum Gasteiger partial charge on any atom is -0.303 e. The maximum Gasteiger partial charge on any atom is 0.123 e. The maximum absolute atomic E-state index is 10.9. The fraction of sp³-hybridized carbons (Fsp3) is 0.900.